The fourth-order valence-corrected chi connectivity index (χ4v) is 1.99. The molecule has 0 aromatic carbocycles. The van der Waals surface area contributed by atoms with E-state index in [9.17, 15) is 9.13 Å². The minimum absolute atomic E-state index is 0.0157. The molecule has 12 nitrogen and oxygen atoms in total. The summed E-state index contributed by atoms with van der Waals surface area (Å²) in [5.41, 5.74) is 0. The molecule has 0 radical (unpaired) electrons. The van der Waals surface area contributed by atoms with Gasteiger partial charge < -0.3 is 38.5 Å². The van der Waals surface area contributed by atoms with Gasteiger partial charge in [0.25, 0.3) is 0 Å². The van der Waals surface area contributed by atoms with Gasteiger partial charge in [0.05, 0.1) is 19.3 Å². The fraction of sp³-hybridized carbons (Fsp3) is 0.600. The summed E-state index contributed by atoms with van der Waals surface area (Å²) in [7, 11) is -8.40. The van der Waals surface area contributed by atoms with E-state index in [1.807, 2.05) is 0 Å². The van der Waals surface area contributed by atoms with Gasteiger partial charge in [-0.25, -0.2) is 9.97 Å². The van der Waals surface area contributed by atoms with Crippen molar-refractivity contribution < 1.29 is 47.7 Å². The van der Waals surface area contributed by atoms with Crippen LogP contribution in [0.2, 0.25) is 0 Å². The van der Waals surface area contributed by atoms with Crippen LogP contribution in [0.3, 0.4) is 0 Å². The van der Waals surface area contributed by atoms with Crippen LogP contribution in [0.15, 0.2) is 12.4 Å². The summed E-state index contributed by atoms with van der Waals surface area (Å²) < 4.78 is 40.9. The van der Waals surface area contributed by atoms with E-state index in [1.165, 1.54) is 12.4 Å². The van der Waals surface area contributed by atoms with E-state index in [0.717, 1.165) is 0 Å². The Morgan fingerprint density at radius 2 is 1.21 bits per heavy atom. The van der Waals surface area contributed by atoms with Gasteiger partial charge in [-0.15, -0.1) is 0 Å². The molecule has 0 amide bonds. The molecule has 0 fully saturated rings. The second-order valence-corrected chi connectivity index (χ2v) is 7.47. The lowest BCUT2D eigenvalue weighted by Gasteiger charge is -2.09. The third-order valence-corrected chi connectivity index (χ3v) is 3.13. The Morgan fingerprint density at radius 3 is 1.58 bits per heavy atom. The van der Waals surface area contributed by atoms with Gasteiger partial charge in [-0.05, 0) is 0 Å². The summed E-state index contributed by atoms with van der Waals surface area (Å²) in [5.74, 6) is 0.326. The maximum Gasteiger partial charge on any atom is 0.350 e. The molecule has 138 valence electrons. The number of hydrogen-bond acceptors (Lipinski definition) is 8. The predicted molar refractivity (Wildman–Crippen MR) is 78.7 cm³/mol. The number of rotatable bonds is 12. The van der Waals surface area contributed by atoms with E-state index < -0.39 is 27.9 Å². The zero-order valence-corrected chi connectivity index (χ0v) is 14.2. The number of ether oxygens (including phenoxy) is 4. The van der Waals surface area contributed by atoms with E-state index in [1.54, 1.807) is 0 Å². The lowest BCUT2D eigenvalue weighted by molar-refractivity contribution is 0.114. The number of nitrogens with zero attached hydrogens (tertiary/aromatic N) is 2. The predicted octanol–water partition coefficient (Wildman–Crippen LogP) is -0.462. The summed E-state index contributed by atoms with van der Waals surface area (Å²) >= 11 is 0. The van der Waals surface area contributed by atoms with Gasteiger partial charge in [-0.3, -0.25) is 9.13 Å². The Bertz CT molecular complexity index is 542. The monoisotopic (exact) mass is 388 g/mol. The molecule has 0 atom stereocenters. The van der Waals surface area contributed by atoms with Crippen molar-refractivity contribution in [1.82, 2.24) is 9.97 Å². The highest BCUT2D eigenvalue weighted by molar-refractivity contribution is 7.51. The second kappa shape index (κ2) is 10.0. The number of hydrogen-bond donors (Lipinski definition) is 4. The van der Waals surface area contributed by atoms with E-state index in [0.29, 0.717) is 0 Å². The van der Waals surface area contributed by atoms with E-state index in [2.05, 4.69) is 9.97 Å². The highest BCUT2D eigenvalue weighted by atomic mass is 31.2. The molecule has 0 aliphatic carbocycles. The quantitative estimate of drug-likeness (QED) is 0.268. The Morgan fingerprint density at radius 1 is 0.792 bits per heavy atom. The highest BCUT2D eigenvalue weighted by Crippen LogP contribution is 2.34. The maximum atomic E-state index is 10.5. The van der Waals surface area contributed by atoms with Gasteiger partial charge in [0.15, 0.2) is 0 Å². The van der Waals surface area contributed by atoms with Gasteiger partial charge >= 0.3 is 15.2 Å². The molecule has 0 aliphatic heterocycles. The van der Waals surface area contributed by atoms with Crippen LogP contribution >= 0.6 is 15.2 Å². The molecule has 1 aromatic heterocycles. The number of aromatic nitrogens is 2. The Kier molecular flexibility index (Phi) is 8.74. The topological polar surface area (TPSA) is 178 Å². The van der Waals surface area contributed by atoms with Crippen molar-refractivity contribution in [3.63, 3.8) is 0 Å². The van der Waals surface area contributed by atoms with Crippen LogP contribution < -0.4 is 9.47 Å². The normalized spacial score (nSPS) is 12.2. The molecule has 14 heteroatoms. The molecule has 1 rings (SSSR count). The minimum atomic E-state index is -4.20. The van der Waals surface area contributed by atoms with Gasteiger partial charge in [0, 0.05) is 0 Å². The highest BCUT2D eigenvalue weighted by Gasteiger charge is 2.13. The summed E-state index contributed by atoms with van der Waals surface area (Å²) in [6.07, 6.45) is -0.204. The lowest BCUT2D eigenvalue weighted by Crippen LogP contribution is -2.10. The molecule has 0 bridgehead atoms. The molecule has 0 aliphatic rings. The first kappa shape index (κ1) is 20.9. The second-order valence-electron chi connectivity index (χ2n) is 4.30. The molecule has 1 aromatic rings. The standard InChI is InChI=1S/C10H18N2O10P2/c13-23(14,15)7-19-1-3-21-9-5-10(12-6-11-9)22-4-2-20-8-24(16,17)18/h5-6H,1-4,7-8H2,(H2,13,14,15)(H2,16,17,18). The first-order valence-electron chi connectivity index (χ1n) is 6.48. The van der Waals surface area contributed by atoms with Crippen molar-refractivity contribution in [2.45, 2.75) is 0 Å². The first-order valence-corrected chi connectivity index (χ1v) is 10.1. The fourth-order valence-electron chi connectivity index (χ4n) is 1.26. The Balaban J connectivity index is 2.23. The van der Waals surface area contributed by atoms with Crippen molar-refractivity contribution in [3.8, 4) is 11.8 Å². The summed E-state index contributed by atoms with van der Waals surface area (Å²) in [6.45, 7) is -0.0489. The van der Waals surface area contributed by atoms with Crippen LogP contribution in [-0.4, -0.2) is 68.7 Å². The van der Waals surface area contributed by atoms with E-state index in [-0.39, 0.29) is 38.2 Å². The van der Waals surface area contributed by atoms with Gasteiger partial charge in [0.1, 0.15) is 32.2 Å². The molecule has 24 heavy (non-hydrogen) atoms. The van der Waals surface area contributed by atoms with Crippen LogP contribution in [0.5, 0.6) is 11.8 Å². The third kappa shape index (κ3) is 11.4. The molecule has 0 unspecified atom stereocenters. The molecule has 4 N–H and O–H groups in total. The first-order chi connectivity index (χ1) is 11.2. The molecular formula is C10H18N2O10P2. The van der Waals surface area contributed by atoms with E-state index >= 15 is 0 Å². The molecule has 0 spiro atoms. The Hall–Kier alpha value is -1.10. The molecule has 1 heterocycles. The van der Waals surface area contributed by atoms with Crippen LogP contribution in [0.25, 0.3) is 0 Å². The van der Waals surface area contributed by atoms with Gasteiger partial charge in [-0.1, -0.05) is 0 Å². The van der Waals surface area contributed by atoms with Gasteiger partial charge in [-0.2, -0.15) is 0 Å². The lowest BCUT2D eigenvalue weighted by atomic mass is 10.6. The summed E-state index contributed by atoms with van der Waals surface area (Å²) in [5, 5.41) is 0. The maximum absolute atomic E-state index is 10.5. The van der Waals surface area contributed by atoms with Crippen LogP contribution in [0.1, 0.15) is 0 Å². The minimum Gasteiger partial charge on any atom is -0.475 e. The molecule has 0 saturated carbocycles. The average Bonchev–Trinajstić information content (AvgIpc) is 2.44. The zero-order valence-electron chi connectivity index (χ0n) is 12.4. The summed E-state index contributed by atoms with van der Waals surface area (Å²) in [6, 6.07) is 1.37. The largest absolute Gasteiger partial charge is 0.475 e. The molecule has 0 saturated heterocycles. The van der Waals surface area contributed by atoms with Crippen LogP contribution in [-0.2, 0) is 18.6 Å². The van der Waals surface area contributed by atoms with Crippen LogP contribution in [0.4, 0.5) is 0 Å². The van der Waals surface area contributed by atoms with E-state index in [4.69, 9.17) is 38.5 Å². The average molecular weight is 388 g/mol. The van der Waals surface area contributed by atoms with Crippen molar-refractivity contribution in [2.24, 2.45) is 0 Å². The third-order valence-electron chi connectivity index (χ3n) is 2.09. The SMILES string of the molecule is O=P(O)(O)COCCOc1cc(OCCOCP(=O)(O)O)ncn1. The van der Waals surface area contributed by atoms with Crippen LogP contribution in [0, 0.1) is 0 Å². The molecular weight excluding hydrogens is 370 g/mol. The van der Waals surface area contributed by atoms with Crippen molar-refractivity contribution >= 4 is 15.2 Å². The van der Waals surface area contributed by atoms with Crippen molar-refractivity contribution in [2.75, 3.05) is 39.1 Å². The Labute approximate surface area is 137 Å². The van der Waals surface area contributed by atoms with Gasteiger partial charge in [0.2, 0.25) is 11.8 Å². The van der Waals surface area contributed by atoms with Crippen molar-refractivity contribution in [3.05, 3.63) is 12.4 Å². The smallest absolute Gasteiger partial charge is 0.350 e. The zero-order chi connectivity index (χ0) is 18.1. The summed E-state index contributed by atoms with van der Waals surface area (Å²) in [4.78, 5) is 42.0. The van der Waals surface area contributed by atoms with Crippen molar-refractivity contribution in [1.29, 1.82) is 0 Å².